The first kappa shape index (κ1) is 21.7. The van der Waals surface area contributed by atoms with Crippen LogP contribution in [-0.2, 0) is 12.6 Å². The highest BCUT2D eigenvalue weighted by molar-refractivity contribution is 5.84. The van der Waals surface area contributed by atoms with Crippen LogP contribution in [0.4, 0.5) is 17.6 Å². The topological polar surface area (TPSA) is 67.3 Å². The van der Waals surface area contributed by atoms with Crippen molar-refractivity contribution in [3.05, 3.63) is 95.5 Å². The molecule has 0 aliphatic heterocycles. The monoisotopic (exact) mass is 463 g/mol. The molecule has 5 aromatic rings. The molecule has 0 spiro atoms. The van der Waals surface area contributed by atoms with Gasteiger partial charge in [0.15, 0.2) is 0 Å². The Hall–Kier alpha value is -4.14. The fourth-order valence-electron chi connectivity index (χ4n) is 3.79. The summed E-state index contributed by atoms with van der Waals surface area (Å²) in [6, 6.07) is 14.1. The predicted molar refractivity (Wildman–Crippen MR) is 119 cm³/mol. The van der Waals surface area contributed by atoms with Gasteiger partial charge in [-0.25, -0.2) is 9.37 Å². The van der Waals surface area contributed by atoms with Crippen LogP contribution >= 0.6 is 0 Å². The molecule has 0 bridgehead atoms. The summed E-state index contributed by atoms with van der Waals surface area (Å²) < 4.78 is 53.2. The van der Waals surface area contributed by atoms with Crippen molar-refractivity contribution >= 4 is 11.0 Å². The number of aromatic amines is 1. The third kappa shape index (κ3) is 4.24. The number of aromatic nitrogens is 5. The van der Waals surface area contributed by atoms with Crippen LogP contribution in [0.2, 0.25) is 0 Å². The Bertz CT molecular complexity index is 1510. The molecule has 0 amide bonds. The zero-order chi connectivity index (χ0) is 23.9. The molecule has 0 saturated carbocycles. The van der Waals surface area contributed by atoms with Crippen molar-refractivity contribution in [3.8, 4) is 22.6 Å². The molecular weight excluding hydrogens is 446 g/mol. The number of benzene rings is 2. The molecule has 0 saturated heterocycles. The lowest BCUT2D eigenvalue weighted by atomic mass is 10.1. The van der Waals surface area contributed by atoms with Crippen molar-refractivity contribution < 1.29 is 17.6 Å². The molecule has 0 fully saturated rings. The second-order valence-corrected chi connectivity index (χ2v) is 7.82. The Morgan fingerprint density at radius 3 is 2.44 bits per heavy atom. The second-order valence-electron chi connectivity index (χ2n) is 7.82. The number of nitrogens with zero attached hydrogens (tertiary/aromatic N) is 4. The minimum Gasteiger partial charge on any atom is -0.340 e. The maximum atomic E-state index is 13.7. The van der Waals surface area contributed by atoms with E-state index in [1.54, 1.807) is 12.4 Å². The van der Waals surface area contributed by atoms with Crippen LogP contribution in [0.5, 0.6) is 0 Å². The molecule has 0 aliphatic rings. The van der Waals surface area contributed by atoms with E-state index in [0.717, 1.165) is 28.9 Å². The van der Waals surface area contributed by atoms with Crippen molar-refractivity contribution in [3.63, 3.8) is 0 Å². The zero-order valence-electron chi connectivity index (χ0n) is 17.9. The average Bonchev–Trinajstić information content (AvgIpc) is 3.23. The highest BCUT2D eigenvalue weighted by Gasteiger charge is 2.34. The molecule has 9 heteroatoms. The third-order valence-electron chi connectivity index (χ3n) is 5.35. The van der Waals surface area contributed by atoms with Gasteiger partial charge in [0, 0.05) is 30.1 Å². The van der Waals surface area contributed by atoms with E-state index in [1.165, 1.54) is 6.07 Å². The van der Waals surface area contributed by atoms with Gasteiger partial charge in [0.2, 0.25) is 0 Å². The molecule has 34 heavy (non-hydrogen) atoms. The lowest BCUT2D eigenvalue weighted by Crippen LogP contribution is -2.09. The Kier molecular flexibility index (Phi) is 5.31. The summed E-state index contributed by atoms with van der Waals surface area (Å²) in [7, 11) is 0. The fourth-order valence-corrected chi connectivity index (χ4v) is 3.79. The number of rotatable bonds is 4. The van der Waals surface area contributed by atoms with Gasteiger partial charge in [0.05, 0.1) is 33.7 Å². The second kappa shape index (κ2) is 8.33. The Balaban J connectivity index is 1.61. The van der Waals surface area contributed by atoms with Crippen LogP contribution < -0.4 is 0 Å². The molecule has 0 aliphatic carbocycles. The van der Waals surface area contributed by atoms with Crippen LogP contribution in [-0.4, -0.2) is 24.9 Å². The van der Waals surface area contributed by atoms with Gasteiger partial charge in [0.1, 0.15) is 11.6 Å². The molecule has 1 N–H and O–H groups in total. The van der Waals surface area contributed by atoms with Gasteiger partial charge in [0.25, 0.3) is 0 Å². The lowest BCUT2D eigenvalue weighted by Gasteiger charge is -2.09. The van der Waals surface area contributed by atoms with E-state index in [4.69, 9.17) is 0 Å². The number of halogens is 4. The predicted octanol–water partition coefficient (Wildman–Crippen LogP) is 6.14. The number of hydrogen-bond donors (Lipinski definition) is 1. The van der Waals surface area contributed by atoms with Crippen molar-refractivity contribution in [1.29, 1.82) is 0 Å². The molecule has 5 rings (SSSR count). The van der Waals surface area contributed by atoms with Crippen LogP contribution in [0.3, 0.4) is 0 Å². The first-order chi connectivity index (χ1) is 16.3. The van der Waals surface area contributed by atoms with E-state index in [9.17, 15) is 17.6 Å². The maximum absolute atomic E-state index is 13.7. The van der Waals surface area contributed by atoms with Gasteiger partial charge in [-0.15, -0.1) is 0 Å². The van der Waals surface area contributed by atoms with Gasteiger partial charge < -0.3 is 4.98 Å². The molecule has 170 valence electrons. The van der Waals surface area contributed by atoms with Crippen molar-refractivity contribution in [2.45, 2.75) is 19.5 Å². The quantitative estimate of drug-likeness (QED) is 0.325. The fraction of sp³-hybridized carbons (Fsp3) is 0.120. The molecular formula is C25H17F4N5. The van der Waals surface area contributed by atoms with Crippen LogP contribution in [0.15, 0.2) is 67.0 Å². The number of H-pyrrole nitrogens is 1. The van der Waals surface area contributed by atoms with E-state index < -0.39 is 17.6 Å². The first-order valence-electron chi connectivity index (χ1n) is 10.4. The first-order valence-corrected chi connectivity index (χ1v) is 10.4. The van der Waals surface area contributed by atoms with Crippen LogP contribution in [0.25, 0.3) is 33.7 Å². The highest BCUT2D eigenvalue weighted by atomic mass is 19.4. The molecule has 0 radical (unpaired) electrons. The molecule has 3 aromatic heterocycles. The van der Waals surface area contributed by atoms with E-state index in [1.807, 2.05) is 43.3 Å². The number of imidazole rings is 1. The minimum absolute atomic E-state index is 0.0512. The Morgan fingerprint density at radius 1 is 0.882 bits per heavy atom. The van der Waals surface area contributed by atoms with Gasteiger partial charge in [-0.1, -0.05) is 18.2 Å². The smallest absolute Gasteiger partial charge is 0.340 e. The van der Waals surface area contributed by atoms with E-state index in [0.29, 0.717) is 28.4 Å². The van der Waals surface area contributed by atoms with Crippen molar-refractivity contribution in [2.24, 2.45) is 0 Å². The van der Waals surface area contributed by atoms with Gasteiger partial charge in [-0.05, 0) is 48.9 Å². The number of hydrogen-bond acceptors (Lipinski definition) is 4. The summed E-state index contributed by atoms with van der Waals surface area (Å²) in [5, 5.41) is 0. The summed E-state index contributed by atoms with van der Waals surface area (Å²) in [6.07, 6.45) is -1.53. The molecule has 3 heterocycles. The summed E-state index contributed by atoms with van der Waals surface area (Å²) in [6.45, 7) is 1.86. The largest absolute Gasteiger partial charge is 0.419 e. The molecule has 0 atom stereocenters. The number of alkyl halides is 3. The third-order valence-corrected chi connectivity index (χ3v) is 5.35. The van der Waals surface area contributed by atoms with E-state index in [2.05, 4.69) is 24.9 Å². The summed E-state index contributed by atoms with van der Waals surface area (Å²) >= 11 is 0. The standard InChI is InChI=1S/C25H17F4N5/c1-14-3-2-4-20(32-14)24-23(16-6-8-19-21(13-16)31-10-9-30-19)33-22(34-24)12-15-5-7-18(26)17(11-15)25(27,28)29/h2-11,13H,12H2,1H3,(H,33,34). The normalized spacial score (nSPS) is 11.8. The molecule has 2 aromatic carbocycles. The maximum Gasteiger partial charge on any atom is 0.419 e. The van der Waals surface area contributed by atoms with Crippen molar-refractivity contribution in [2.75, 3.05) is 0 Å². The number of fused-ring (bicyclic) bond motifs is 1. The minimum atomic E-state index is -4.78. The molecule has 0 unspecified atom stereocenters. The number of nitrogens with one attached hydrogen (secondary N) is 1. The Morgan fingerprint density at radius 2 is 1.68 bits per heavy atom. The zero-order valence-corrected chi connectivity index (χ0v) is 17.9. The van der Waals surface area contributed by atoms with E-state index >= 15 is 0 Å². The van der Waals surface area contributed by atoms with Crippen molar-refractivity contribution in [1.82, 2.24) is 24.9 Å². The summed E-state index contributed by atoms with van der Waals surface area (Å²) in [5.41, 5.74) is 3.79. The number of pyridine rings is 1. The SMILES string of the molecule is Cc1cccc(-c2[nH]c(Cc3ccc(F)c(C(F)(F)F)c3)nc2-c2ccc3nccnc3c2)n1. The van der Waals surface area contributed by atoms with Crippen LogP contribution in [0, 0.1) is 12.7 Å². The summed E-state index contributed by atoms with van der Waals surface area (Å²) in [4.78, 5) is 21.1. The van der Waals surface area contributed by atoms with Gasteiger partial charge in [-0.3, -0.25) is 15.0 Å². The summed E-state index contributed by atoms with van der Waals surface area (Å²) in [5.74, 6) is -0.884. The van der Waals surface area contributed by atoms with Crippen LogP contribution in [0.1, 0.15) is 22.6 Å². The number of aryl methyl sites for hydroxylation is 1. The lowest BCUT2D eigenvalue weighted by molar-refractivity contribution is -0.140. The highest BCUT2D eigenvalue weighted by Crippen LogP contribution is 2.34. The Labute approximate surface area is 191 Å². The van der Waals surface area contributed by atoms with Gasteiger partial charge >= 0.3 is 6.18 Å². The van der Waals surface area contributed by atoms with E-state index in [-0.39, 0.29) is 12.0 Å². The molecule has 5 nitrogen and oxygen atoms in total. The average molecular weight is 463 g/mol. The van der Waals surface area contributed by atoms with Gasteiger partial charge in [-0.2, -0.15) is 13.2 Å².